The number of para-hydroxylation sites is 4. The van der Waals surface area contributed by atoms with Crippen molar-refractivity contribution in [2.75, 3.05) is 0 Å². The Morgan fingerprint density at radius 1 is 0.450 bits per heavy atom. The van der Waals surface area contributed by atoms with Crippen LogP contribution in [0.4, 0.5) is 0 Å². The molecule has 0 amide bonds. The van der Waals surface area contributed by atoms with Crippen molar-refractivity contribution in [2.24, 2.45) is 0 Å². The fraction of sp³-hybridized carbons (Fsp3) is 0.0185. The Morgan fingerprint density at radius 3 is 1.47 bits per heavy atom. The van der Waals surface area contributed by atoms with E-state index < -0.39 is 5.41 Å². The molecule has 0 saturated carbocycles. The van der Waals surface area contributed by atoms with Crippen LogP contribution in [-0.4, -0.2) is 19.1 Å². The summed E-state index contributed by atoms with van der Waals surface area (Å²) in [5.41, 5.74) is 14.6. The normalized spacial score (nSPS) is 13.4. The van der Waals surface area contributed by atoms with Gasteiger partial charge in [-0.3, -0.25) is 9.97 Å². The monoisotopic (exact) mass is 781 g/mol. The highest BCUT2D eigenvalue weighted by atomic mass is 32.2. The van der Waals surface area contributed by atoms with Crippen LogP contribution in [0.3, 0.4) is 0 Å². The van der Waals surface area contributed by atoms with E-state index in [1.165, 1.54) is 42.5 Å². The van der Waals surface area contributed by atoms with Crippen LogP contribution < -0.4 is 0 Å². The molecule has 1 spiro atoms. The molecule has 4 aromatic heterocycles. The molecule has 5 nitrogen and oxygen atoms in total. The first-order valence-corrected chi connectivity index (χ1v) is 20.9. The molecule has 0 bridgehead atoms. The zero-order valence-electron chi connectivity index (χ0n) is 32.0. The second kappa shape index (κ2) is 12.4. The van der Waals surface area contributed by atoms with Crippen LogP contribution >= 0.6 is 11.8 Å². The van der Waals surface area contributed by atoms with Crippen molar-refractivity contribution in [1.29, 1.82) is 5.26 Å². The summed E-state index contributed by atoms with van der Waals surface area (Å²) in [4.78, 5) is 12.3. The Balaban J connectivity index is 1.15. The van der Waals surface area contributed by atoms with E-state index in [-0.39, 0.29) is 0 Å². The minimum absolute atomic E-state index is 0.602. The highest BCUT2D eigenvalue weighted by Crippen LogP contribution is 2.61. The molecule has 0 unspecified atom stereocenters. The predicted octanol–water partition coefficient (Wildman–Crippen LogP) is 13.0. The Bertz CT molecular complexity index is 3530. The number of benzene rings is 7. The van der Waals surface area contributed by atoms with Crippen LogP contribution in [0.5, 0.6) is 0 Å². The molecule has 5 heterocycles. The van der Waals surface area contributed by atoms with Gasteiger partial charge in [0.2, 0.25) is 0 Å². The molecule has 60 heavy (non-hydrogen) atoms. The highest BCUT2D eigenvalue weighted by molar-refractivity contribution is 7.99. The van der Waals surface area contributed by atoms with Gasteiger partial charge in [0, 0.05) is 49.3 Å². The predicted molar refractivity (Wildman–Crippen MR) is 242 cm³/mol. The number of hydrogen-bond acceptors (Lipinski definition) is 4. The maximum atomic E-state index is 11.2. The first kappa shape index (κ1) is 33.3. The van der Waals surface area contributed by atoms with Gasteiger partial charge in [-0.05, 0) is 94.5 Å². The molecule has 1 aliphatic carbocycles. The molecule has 7 aromatic carbocycles. The van der Waals surface area contributed by atoms with Crippen molar-refractivity contribution in [3.05, 3.63) is 216 Å². The second-order valence-corrected chi connectivity index (χ2v) is 16.7. The average Bonchev–Trinajstić information content (AvgIpc) is 3.93. The lowest BCUT2D eigenvalue weighted by atomic mass is 9.67. The van der Waals surface area contributed by atoms with Gasteiger partial charge >= 0.3 is 0 Å². The Labute approximate surface area is 349 Å². The lowest BCUT2D eigenvalue weighted by Gasteiger charge is -2.39. The quantitative estimate of drug-likeness (QED) is 0.179. The lowest BCUT2D eigenvalue weighted by molar-refractivity contribution is 0.720. The van der Waals surface area contributed by atoms with Crippen molar-refractivity contribution in [3.63, 3.8) is 0 Å². The standard InChI is InChI=1S/C54H31N5S/c55-32-34-30-48(58-44-20-6-1-13-35(44)36-14-2-7-21-45(36)58)49(59-46-22-8-3-15-37(46)38-16-4-9-23-47(38)59)31-39(34)33-25-26-51-43(29-33)54(40-17-5-10-24-50(40)60-51)41-18-11-27-56-52(41)53-42(54)19-12-28-57-53/h1-31H. The summed E-state index contributed by atoms with van der Waals surface area (Å²) < 4.78 is 4.73. The summed E-state index contributed by atoms with van der Waals surface area (Å²) in [6, 6.07) is 65.5. The first-order chi connectivity index (χ1) is 29.7. The summed E-state index contributed by atoms with van der Waals surface area (Å²) in [5.74, 6) is 0. The molecule has 0 N–H and O–H groups in total. The zero-order valence-corrected chi connectivity index (χ0v) is 32.9. The maximum Gasteiger partial charge on any atom is 0.0998 e. The third-order valence-corrected chi connectivity index (χ3v) is 13.9. The fourth-order valence-corrected chi connectivity index (χ4v) is 11.5. The van der Waals surface area contributed by atoms with Gasteiger partial charge in [-0.2, -0.15) is 5.26 Å². The first-order valence-electron chi connectivity index (χ1n) is 20.1. The summed E-state index contributed by atoms with van der Waals surface area (Å²) in [6.45, 7) is 0. The van der Waals surface area contributed by atoms with Gasteiger partial charge in [0.05, 0.1) is 61.9 Å². The smallest absolute Gasteiger partial charge is 0.0998 e. The molecule has 0 saturated heterocycles. The van der Waals surface area contributed by atoms with Crippen molar-refractivity contribution >= 4 is 55.4 Å². The molecule has 0 fully saturated rings. The molecule has 6 heteroatoms. The van der Waals surface area contributed by atoms with E-state index in [2.05, 4.69) is 179 Å². The topological polar surface area (TPSA) is 59.4 Å². The summed E-state index contributed by atoms with van der Waals surface area (Å²) in [6.07, 6.45) is 3.73. The van der Waals surface area contributed by atoms with Crippen LogP contribution in [-0.2, 0) is 5.41 Å². The number of aromatic nitrogens is 4. The maximum absolute atomic E-state index is 11.2. The van der Waals surface area contributed by atoms with Gasteiger partial charge in [0.1, 0.15) is 0 Å². The number of nitrogens with zero attached hydrogens (tertiary/aromatic N) is 5. The highest BCUT2D eigenvalue weighted by Gasteiger charge is 2.51. The second-order valence-electron chi connectivity index (χ2n) is 15.6. The van der Waals surface area contributed by atoms with E-state index in [9.17, 15) is 5.26 Å². The largest absolute Gasteiger partial charge is 0.307 e. The minimum atomic E-state index is -0.647. The third-order valence-electron chi connectivity index (χ3n) is 12.7. The van der Waals surface area contributed by atoms with Crippen molar-refractivity contribution in [1.82, 2.24) is 19.1 Å². The van der Waals surface area contributed by atoms with Crippen molar-refractivity contribution in [3.8, 4) is 40.0 Å². The molecule has 1 aliphatic heterocycles. The molecule has 13 rings (SSSR count). The van der Waals surface area contributed by atoms with E-state index in [1.54, 1.807) is 11.8 Å². The van der Waals surface area contributed by atoms with Crippen molar-refractivity contribution in [2.45, 2.75) is 15.2 Å². The van der Waals surface area contributed by atoms with Crippen LogP contribution in [0.25, 0.3) is 77.5 Å². The van der Waals surface area contributed by atoms with Crippen molar-refractivity contribution < 1.29 is 0 Å². The lowest BCUT2D eigenvalue weighted by Crippen LogP contribution is -2.32. The van der Waals surface area contributed by atoms with Gasteiger partial charge in [-0.25, -0.2) is 0 Å². The molecule has 0 atom stereocenters. The zero-order chi connectivity index (χ0) is 39.5. The summed E-state index contributed by atoms with van der Waals surface area (Å²) >= 11 is 1.80. The van der Waals surface area contributed by atoms with E-state index in [1.807, 2.05) is 24.5 Å². The van der Waals surface area contributed by atoms with Crippen LogP contribution in [0.15, 0.2) is 198 Å². The van der Waals surface area contributed by atoms with E-state index in [0.29, 0.717) is 5.56 Å². The van der Waals surface area contributed by atoms with Gasteiger partial charge in [-0.1, -0.05) is 121 Å². The Hall–Kier alpha value is -7.72. The number of hydrogen-bond donors (Lipinski definition) is 0. The van der Waals surface area contributed by atoms with E-state index in [4.69, 9.17) is 9.97 Å². The van der Waals surface area contributed by atoms with E-state index in [0.717, 1.165) is 67.1 Å². The van der Waals surface area contributed by atoms with Crippen LogP contribution in [0.1, 0.15) is 27.8 Å². The molecular formula is C54H31N5S. The Kier molecular flexibility index (Phi) is 6.87. The number of nitriles is 1. The molecule has 11 aromatic rings. The number of pyridine rings is 2. The number of rotatable bonds is 3. The average molecular weight is 782 g/mol. The number of fused-ring (bicyclic) bond motifs is 15. The van der Waals surface area contributed by atoms with Crippen LogP contribution in [0.2, 0.25) is 0 Å². The summed E-state index contributed by atoms with van der Waals surface area (Å²) in [7, 11) is 0. The SMILES string of the molecule is N#Cc1cc(-n2c3ccccc3c3ccccc32)c(-n2c3ccccc3c3ccccc32)cc1-c1ccc2c(c1)C1(c3ccccc3S2)c2cccnc2-c2ncccc21. The molecule has 278 valence electrons. The molecule has 2 aliphatic rings. The van der Waals surface area contributed by atoms with Gasteiger partial charge < -0.3 is 9.13 Å². The van der Waals surface area contributed by atoms with Crippen LogP contribution in [0, 0.1) is 11.3 Å². The third kappa shape index (κ3) is 4.31. The van der Waals surface area contributed by atoms with Gasteiger partial charge in [0.25, 0.3) is 0 Å². The molecular weight excluding hydrogens is 751 g/mol. The Morgan fingerprint density at radius 2 is 0.917 bits per heavy atom. The van der Waals surface area contributed by atoms with Gasteiger partial charge in [-0.15, -0.1) is 0 Å². The summed E-state index contributed by atoms with van der Waals surface area (Å²) in [5, 5.41) is 15.9. The minimum Gasteiger partial charge on any atom is -0.307 e. The van der Waals surface area contributed by atoms with E-state index >= 15 is 0 Å². The van der Waals surface area contributed by atoms with Gasteiger partial charge in [0.15, 0.2) is 0 Å². The fourth-order valence-electron chi connectivity index (χ4n) is 10.4. The molecule has 0 radical (unpaired) electrons.